The van der Waals surface area contributed by atoms with Gasteiger partial charge in [0, 0.05) is 24.3 Å². The standard InChI is InChI=1S/C20H19FN4O/c1-3-17-15(11-24-20(25-17)19-22-7-4-8-23-19)14-10-13(14)12-5-6-16(21)18(9-12)26-2/h4-9,11,13-14H,3,10H2,1-2H3/t13-,14+/m0/s1. The van der Waals surface area contributed by atoms with Crippen LogP contribution in [-0.4, -0.2) is 27.0 Å². The molecule has 26 heavy (non-hydrogen) atoms. The van der Waals surface area contributed by atoms with Crippen molar-refractivity contribution in [1.82, 2.24) is 19.9 Å². The summed E-state index contributed by atoms with van der Waals surface area (Å²) < 4.78 is 18.7. The zero-order valence-corrected chi connectivity index (χ0v) is 14.7. The van der Waals surface area contributed by atoms with Crippen LogP contribution in [0.5, 0.6) is 5.75 Å². The molecular weight excluding hydrogens is 331 g/mol. The van der Waals surface area contributed by atoms with Gasteiger partial charge >= 0.3 is 0 Å². The fourth-order valence-electron chi connectivity index (χ4n) is 3.36. The lowest BCUT2D eigenvalue weighted by Crippen LogP contribution is -2.02. The van der Waals surface area contributed by atoms with Crippen LogP contribution in [-0.2, 0) is 6.42 Å². The minimum Gasteiger partial charge on any atom is -0.494 e. The van der Waals surface area contributed by atoms with E-state index < -0.39 is 0 Å². The molecule has 1 fully saturated rings. The molecule has 0 bridgehead atoms. The summed E-state index contributed by atoms with van der Waals surface area (Å²) in [6.45, 7) is 2.08. The van der Waals surface area contributed by atoms with Crippen LogP contribution in [0.3, 0.4) is 0 Å². The zero-order chi connectivity index (χ0) is 18.1. The highest BCUT2D eigenvalue weighted by Gasteiger charge is 2.41. The smallest absolute Gasteiger partial charge is 0.197 e. The van der Waals surface area contributed by atoms with Gasteiger partial charge in [-0.2, -0.15) is 0 Å². The number of methoxy groups -OCH3 is 1. The topological polar surface area (TPSA) is 60.8 Å². The number of hydrogen-bond acceptors (Lipinski definition) is 5. The second kappa shape index (κ2) is 6.78. The Bertz CT molecular complexity index is 932. The SMILES string of the molecule is CCc1nc(-c2ncccn2)ncc1[C@@H]1C[C@H]1c1ccc(F)c(OC)c1. The molecule has 6 heteroatoms. The summed E-state index contributed by atoms with van der Waals surface area (Å²) in [5.41, 5.74) is 3.26. The van der Waals surface area contributed by atoms with Crippen molar-refractivity contribution in [2.45, 2.75) is 31.6 Å². The van der Waals surface area contributed by atoms with Gasteiger partial charge in [0.15, 0.2) is 23.2 Å². The lowest BCUT2D eigenvalue weighted by molar-refractivity contribution is 0.386. The highest BCUT2D eigenvalue weighted by molar-refractivity contribution is 5.46. The molecule has 0 saturated heterocycles. The molecule has 1 aliphatic rings. The average Bonchev–Trinajstić information content (AvgIpc) is 3.49. The Labute approximate surface area is 151 Å². The predicted octanol–water partition coefficient (Wildman–Crippen LogP) is 3.91. The van der Waals surface area contributed by atoms with E-state index in [1.807, 2.05) is 12.3 Å². The van der Waals surface area contributed by atoms with Crippen molar-refractivity contribution in [1.29, 1.82) is 0 Å². The minimum atomic E-state index is -0.335. The number of aryl methyl sites for hydroxylation is 1. The highest BCUT2D eigenvalue weighted by Crippen LogP contribution is 2.55. The Kier molecular flexibility index (Phi) is 4.32. The lowest BCUT2D eigenvalue weighted by atomic mass is 10.0. The maximum absolute atomic E-state index is 13.6. The summed E-state index contributed by atoms with van der Waals surface area (Å²) in [6.07, 6.45) is 7.08. The summed E-state index contributed by atoms with van der Waals surface area (Å²) >= 11 is 0. The molecule has 132 valence electrons. The summed E-state index contributed by atoms with van der Waals surface area (Å²) in [5.74, 6) is 1.73. The van der Waals surface area contributed by atoms with E-state index in [9.17, 15) is 4.39 Å². The summed E-state index contributed by atoms with van der Waals surface area (Å²) in [6, 6.07) is 6.86. The second-order valence-electron chi connectivity index (χ2n) is 6.36. The minimum absolute atomic E-state index is 0.289. The molecule has 1 aliphatic carbocycles. The highest BCUT2D eigenvalue weighted by atomic mass is 19.1. The van der Waals surface area contributed by atoms with Crippen LogP contribution in [0.1, 0.15) is 42.0 Å². The van der Waals surface area contributed by atoms with E-state index >= 15 is 0 Å². The normalized spacial score (nSPS) is 18.6. The molecule has 1 saturated carbocycles. The van der Waals surface area contributed by atoms with E-state index in [1.165, 1.54) is 13.2 Å². The van der Waals surface area contributed by atoms with Gasteiger partial charge in [0.2, 0.25) is 0 Å². The van der Waals surface area contributed by atoms with Crippen molar-refractivity contribution in [3.05, 3.63) is 65.5 Å². The van der Waals surface area contributed by atoms with E-state index in [0.717, 1.165) is 29.7 Å². The first-order chi connectivity index (χ1) is 12.7. The second-order valence-corrected chi connectivity index (χ2v) is 6.36. The summed E-state index contributed by atoms with van der Waals surface area (Å²) in [4.78, 5) is 17.6. The van der Waals surface area contributed by atoms with Gasteiger partial charge in [-0.05, 0) is 54.0 Å². The van der Waals surface area contributed by atoms with Crippen molar-refractivity contribution < 1.29 is 9.13 Å². The number of benzene rings is 1. The van der Waals surface area contributed by atoms with Crippen LogP contribution in [0.15, 0.2) is 42.9 Å². The molecule has 2 atom stereocenters. The maximum atomic E-state index is 13.6. The third-order valence-corrected chi connectivity index (χ3v) is 4.79. The monoisotopic (exact) mass is 350 g/mol. The quantitative estimate of drug-likeness (QED) is 0.698. The molecule has 0 aliphatic heterocycles. The fourth-order valence-corrected chi connectivity index (χ4v) is 3.36. The first-order valence-corrected chi connectivity index (χ1v) is 8.68. The maximum Gasteiger partial charge on any atom is 0.197 e. The van der Waals surface area contributed by atoms with E-state index in [1.54, 1.807) is 24.5 Å². The van der Waals surface area contributed by atoms with Crippen molar-refractivity contribution >= 4 is 0 Å². The molecular formula is C20H19FN4O. The number of halogens is 1. The number of rotatable bonds is 5. The molecule has 1 aromatic carbocycles. The number of hydrogen-bond donors (Lipinski definition) is 0. The van der Waals surface area contributed by atoms with Gasteiger partial charge in [-0.25, -0.2) is 24.3 Å². The Hall–Kier alpha value is -2.89. The van der Waals surface area contributed by atoms with E-state index in [-0.39, 0.29) is 11.6 Å². The Morgan fingerprint density at radius 2 is 1.92 bits per heavy atom. The van der Waals surface area contributed by atoms with Crippen LogP contribution in [0.25, 0.3) is 11.6 Å². The van der Waals surface area contributed by atoms with Crippen molar-refractivity contribution in [3.8, 4) is 17.4 Å². The van der Waals surface area contributed by atoms with Crippen molar-refractivity contribution in [2.24, 2.45) is 0 Å². The van der Waals surface area contributed by atoms with Crippen molar-refractivity contribution in [2.75, 3.05) is 7.11 Å². The number of aromatic nitrogens is 4. The molecule has 0 unspecified atom stereocenters. The molecule has 4 rings (SSSR count). The molecule has 2 heterocycles. The largest absolute Gasteiger partial charge is 0.494 e. The average molecular weight is 350 g/mol. The van der Waals surface area contributed by atoms with Gasteiger partial charge in [-0.3, -0.25) is 0 Å². The van der Waals surface area contributed by atoms with Crippen LogP contribution >= 0.6 is 0 Å². The zero-order valence-electron chi connectivity index (χ0n) is 14.7. The molecule has 0 spiro atoms. The summed E-state index contributed by atoms with van der Waals surface area (Å²) in [7, 11) is 1.49. The van der Waals surface area contributed by atoms with E-state index in [0.29, 0.717) is 23.5 Å². The first-order valence-electron chi connectivity index (χ1n) is 8.68. The van der Waals surface area contributed by atoms with E-state index in [2.05, 4.69) is 26.9 Å². The third kappa shape index (κ3) is 3.03. The number of nitrogens with zero attached hydrogens (tertiary/aromatic N) is 4. The van der Waals surface area contributed by atoms with Gasteiger partial charge in [0.25, 0.3) is 0 Å². The lowest BCUT2D eigenvalue weighted by Gasteiger charge is -2.09. The molecule has 2 aromatic heterocycles. The first kappa shape index (κ1) is 16.6. The summed E-state index contributed by atoms with van der Waals surface area (Å²) in [5, 5.41) is 0. The Morgan fingerprint density at radius 1 is 1.12 bits per heavy atom. The molecule has 0 N–H and O–H groups in total. The fraction of sp³-hybridized carbons (Fsp3) is 0.300. The Morgan fingerprint density at radius 3 is 2.65 bits per heavy atom. The van der Waals surface area contributed by atoms with Gasteiger partial charge in [0.1, 0.15) is 0 Å². The van der Waals surface area contributed by atoms with Gasteiger partial charge < -0.3 is 4.74 Å². The van der Waals surface area contributed by atoms with Gasteiger partial charge in [-0.1, -0.05) is 13.0 Å². The van der Waals surface area contributed by atoms with Crippen LogP contribution in [0, 0.1) is 5.82 Å². The molecule has 5 nitrogen and oxygen atoms in total. The van der Waals surface area contributed by atoms with Gasteiger partial charge in [-0.15, -0.1) is 0 Å². The van der Waals surface area contributed by atoms with Crippen molar-refractivity contribution in [3.63, 3.8) is 0 Å². The Balaban J connectivity index is 1.61. The van der Waals surface area contributed by atoms with Crippen LogP contribution in [0.2, 0.25) is 0 Å². The number of ether oxygens (including phenoxy) is 1. The van der Waals surface area contributed by atoms with Crippen LogP contribution < -0.4 is 4.74 Å². The van der Waals surface area contributed by atoms with Crippen LogP contribution in [0.4, 0.5) is 4.39 Å². The molecule has 3 aromatic rings. The van der Waals surface area contributed by atoms with Gasteiger partial charge in [0.05, 0.1) is 7.11 Å². The molecule has 0 radical (unpaired) electrons. The third-order valence-electron chi connectivity index (χ3n) is 4.79. The van der Waals surface area contributed by atoms with E-state index in [4.69, 9.17) is 4.74 Å². The predicted molar refractivity (Wildman–Crippen MR) is 95.5 cm³/mol. The molecule has 0 amide bonds.